The largest absolute Gasteiger partial charge is 0.416 e. The molecule has 3 atom stereocenters. The maximum Gasteiger partial charge on any atom is 0.416 e. The van der Waals surface area contributed by atoms with Gasteiger partial charge >= 0.3 is 6.18 Å². The molecule has 2 aliphatic rings. The zero-order chi connectivity index (χ0) is 21.6. The zero-order valence-electron chi connectivity index (χ0n) is 15.9. The van der Waals surface area contributed by atoms with Gasteiger partial charge in [-0.3, -0.25) is 9.59 Å². The molecule has 0 radical (unpaired) electrons. The molecule has 0 aromatic heterocycles. The number of hydrogen-bond donors (Lipinski definition) is 2. The van der Waals surface area contributed by atoms with Gasteiger partial charge in [0.15, 0.2) is 0 Å². The number of halogens is 3. The number of benzene rings is 1. The van der Waals surface area contributed by atoms with E-state index in [-0.39, 0.29) is 37.1 Å². The van der Waals surface area contributed by atoms with Gasteiger partial charge < -0.3 is 10.2 Å². The summed E-state index contributed by atoms with van der Waals surface area (Å²) in [5, 5.41) is 2.67. The maximum absolute atomic E-state index is 12.9. The molecule has 0 aliphatic carbocycles. The molecule has 1 aromatic carbocycles. The van der Waals surface area contributed by atoms with Crippen molar-refractivity contribution in [1.82, 2.24) is 14.9 Å². The number of nitrogens with one attached hydrogen (secondary N) is 2. The lowest BCUT2D eigenvalue weighted by atomic mass is 9.91. The van der Waals surface area contributed by atoms with Crippen LogP contribution in [-0.2, 0) is 25.8 Å². The minimum Gasteiger partial charge on any atom is -0.342 e. The van der Waals surface area contributed by atoms with Gasteiger partial charge in [0.05, 0.1) is 10.5 Å². The number of piperazine rings is 1. The molecule has 0 saturated carbocycles. The fourth-order valence-electron chi connectivity index (χ4n) is 3.65. The standard InChI is InChI=1S/C18H22F3N3O4S/c1-10(2)15-17(26)24-7-6-12(9-14(24)16(25)22-15)23-29(27,28)13-5-3-4-11(8-13)18(19,20)21/h3-5,8,10,12,14-15,23H,6-7,9H2,1-2H3,(H,22,25)/t12-,14-,15+/m0/s1. The molecule has 2 aliphatic heterocycles. The van der Waals surface area contributed by atoms with Crippen LogP contribution in [0.3, 0.4) is 0 Å². The molecule has 2 heterocycles. The van der Waals surface area contributed by atoms with Crippen LogP contribution in [0.1, 0.15) is 32.3 Å². The first-order chi connectivity index (χ1) is 13.4. The predicted octanol–water partition coefficient (Wildman–Crippen LogP) is 1.50. The van der Waals surface area contributed by atoms with E-state index in [0.717, 1.165) is 18.2 Å². The van der Waals surface area contributed by atoms with Crippen LogP contribution in [0, 0.1) is 5.92 Å². The number of rotatable bonds is 4. The summed E-state index contributed by atoms with van der Waals surface area (Å²) < 4.78 is 66.1. The molecular formula is C18H22F3N3O4S. The van der Waals surface area contributed by atoms with Crippen molar-refractivity contribution in [2.45, 2.75) is 55.9 Å². The monoisotopic (exact) mass is 433 g/mol. The Balaban J connectivity index is 1.74. The van der Waals surface area contributed by atoms with Gasteiger partial charge in [-0.25, -0.2) is 13.1 Å². The predicted molar refractivity (Wildman–Crippen MR) is 97.1 cm³/mol. The lowest BCUT2D eigenvalue weighted by Crippen LogP contribution is -2.67. The van der Waals surface area contributed by atoms with Crippen LogP contribution in [0.25, 0.3) is 0 Å². The Bertz CT molecular complexity index is 917. The Morgan fingerprint density at radius 3 is 2.55 bits per heavy atom. The fourth-order valence-corrected chi connectivity index (χ4v) is 4.98. The number of sulfonamides is 1. The normalized spacial score (nSPS) is 25.7. The first-order valence-electron chi connectivity index (χ1n) is 9.20. The number of piperidine rings is 1. The van der Waals surface area contributed by atoms with E-state index in [2.05, 4.69) is 10.0 Å². The third-order valence-corrected chi connectivity index (χ3v) is 6.73. The van der Waals surface area contributed by atoms with Crippen molar-refractivity contribution in [2.75, 3.05) is 6.54 Å². The molecule has 3 rings (SSSR count). The van der Waals surface area contributed by atoms with Crippen LogP contribution in [0.4, 0.5) is 13.2 Å². The summed E-state index contributed by atoms with van der Waals surface area (Å²) in [6.45, 7) is 3.83. The molecule has 11 heteroatoms. The topological polar surface area (TPSA) is 95.6 Å². The molecule has 160 valence electrons. The summed E-state index contributed by atoms with van der Waals surface area (Å²) >= 11 is 0. The number of amides is 2. The minimum atomic E-state index is -4.66. The van der Waals surface area contributed by atoms with Crippen molar-refractivity contribution in [1.29, 1.82) is 0 Å². The van der Waals surface area contributed by atoms with Gasteiger partial charge in [0.1, 0.15) is 12.1 Å². The van der Waals surface area contributed by atoms with Crippen molar-refractivity contribution in [3.05, 3.63) is 29.8 Å². The Kier molecular flexibility index (Phi) is 5.65. The van der Waals surface area contributed by atoms with Gasteiger partial charge in [-0.15, -0.1) is 0 Å². The number of carbonyl (C=O) groups is 2. The summed E-state index contributed by atoms with van der Waals surface area (Å²) in [4.78, 5) is 25.9. The number of fused-ring (bicyclic) bond motifs is 1. The maximum atomic E-state index is 12.9. The molecule has 2 amide bonds. The summed E-state index contributed by atoms with van der Waals surface area (Å²) in [6.07, 6.45) is -4.34. The van der Waals surface area contributed by atoms with Crippen LogP contribution in [0.5, 0.6) is 0 Å². The van der Waals surface area contributed by atoms with Crippen molar-refractivity contribution in [2.24, 2.45) is 5.92 Å². The summed E-state index contributed by atoms with van der Waals surface area (Å²) in [5.41, 5.74) is -1.06. The van der Waals surface area contributed by atoms with Gasteiger partial charge in [0.25, 0.3) is 0 Å². The Morgan fingerprint density at radius 1 is 1.24 bits per heavy atom. The van der Waals surface area contributed by atoms with Crippen LogP contribution >= 0.6 is 0 Å². The van der Waals surface area contributed by atoms with Crippen molar-refractivity contribution in [3.63, 3.8) is 0 Å². The van der Waals surface area contributed by atoms with E-state index in [0.29, 0.717) is 6.07 Å². The average molecular weight is 433 g/mol. The molecule has 1 aromatic rings. The molecule has 0 unspecified atom stereocenters. The SMILES string of the molecule is CC(C)[C@H]1NC(=O)[C@@H]2C[C@@H](NS(=O)(=O)c3cccc(C(F)(F)F)c3)CCN2C1=O. The van der Waals surface area contributed by atoms with E-state index in [1.807, 2.05) is 13.8 Å². The second kappa shape index (κ2) is 7.60. The van der Waals surface area contributed by atoms with Crippen molar-refractivity contribution < 1.29 is 31.2 Å². The fraction of sp³-hybridized carbons (Fsp3) is 0.556. The van der Waals surface area contributed by atoms with Crippen LogP contribution in [0.15, 0.2) is 29.2 Å². The molecule has 7 nitrogen and oxygen atoms in total. The van der Waals surface area contributed by atoms with Gasteiger partial charge in [0, 0.05) is 12.6 Å². The van der Waals surface area contributed by atoms with Crippen LogP contribution < -0.4 is 10.0 Å². The van der Waals surface area contributed by atoms with Crippen molar-refractivity contribution in [3.8, 4) is 0 Å². The zero-order valence-corrected chi connectivity index (χ0v) is 16.7. The van der Waals surface area contributed by atoms with Gasteiger partial charge in [-0.1, -0.05) is 19.9 Å². The molecule has 29 heavy (non-hydrogen) atoms. The third kappa shape index (κ3) is 4.40. The third-order valence-electron chi connectivity index (χ3n) is 5.21. The highest BCUT2D eigenvalue weighted by Crippen LogP contribution is 2.31. The number of hydrogen-bond acceptors (Lipinski definition) is 4. The van der Waals surface area contributed by atoms with E-state index in [9.17, 15) is 31.2 Å². The summed E-state index contributed by atoms with van der Waals surface area (Å²) in [6, 6.07) is 1.38. The van der Waals surface area contributed by atoms with Gasteiger partial charge in [-0.2, -0.15) is 13.2 Å². The second-order valence-electron chi connectivity index (χ2n) is 7.65. The number of nitrogens with zero attached hydrogens (tertiary/aromatic N) is 1. The Labute approximate surface area is 166 Å². The van der Waals surface area contributed by atoms with E-state index < -0.39 is 44.8 Å². The Morgan fingerprint density at radius 2 is 1.93 bits per heavy atom. The lowest BCUT2D eigenvalue weighted by molar-refractivity contribution is -0.152. The lowest BCUT2D eigenvalue weighted by Gasteiger charge is -2.44. The highest BCUT2D eigenvalue weighted by Gasteiger charge is 2.45. The van der Waals surface area contributed by atoms with Gasteiger partial charge in [0.2, 0.25) is 21.8 Å². The molecular weight excluding hydrogens is 411 g/mol. The van der Waals surface area contributed by atoms with Gasteiger partial charge in [-0.05, 0) is 37.0 Å². The number of carbonyl (C=O) groups excluding carboxylic acids is 2. The average Bonchev–Trinajstić information content (AvgIpc) is 2.63. The van der Waals surface area contributed by atoms with Crippen molar-refractivity contribution >= 4 is 21.8 Å². The van der Waals surface area contributed by atoms with E-state index in [1.54, 1.807) is 0 Å². The molecule has 0 bridgehead atoms. The second-order valence-corrected chi connectivity index (χ2v) is 9.36. The highest BCUT2D eigenvalue weighted by molar-refractivity contribution is 7.89. The minimum absolute atomic E-state index is 0.0561. The molecule has 2 N–H and O–H groups in total. The van der Waals surface area contributed by atoms with Crippen LogP contribution in [0.2, 0.25) is 0 Å². The smallest absolute Gasteiger partial charge is 0.342 e. The quantitative estimate of drug-likeness (QED) is 0.752. The van der Waals surface area contributed by atoms with E-state index >= 15 is 0 Å². The molecule has 0 spiro atoms. The van der Waals surface area contributed by atoms with E-state index in [4.69, 9.17) is 0 Å². The highest BCUT2D eigenvalue weighted by atomic mass is 32.2. The first kappa shape index (κ1) is 21.6. The summed E-state index contributed by atoms with van der Waals surface area (Å²) in [7, 11) is -4.22. The number of alkyl halides is 3. The molecule has 2 fully saturated rings. The molecule has 2 saturated heterocycles. The Hall–Kier alpha value is -2.14. The van der Waals surface area contributed by atoms with E-state index in [1.165, 1.54) is 4.90 Å². The van der Waals surface area contributed by atoms with Crippen LogP contribution in [-0.4, -0.2) is 49.8 Å². The summed E-state index contributed by atoms with van der Waals surface area (Å²) in [5.74, 6) is -0.639. The first-order valence-corrected chi connectivity index (χ1v) is 10.7.